The second kappa shape index (κ2) is 7.10. The topological polar surface area (TPSA) is 72.2 Å². The molecule has 0 heterocycles. The summed E-state index contributed by atoms with van der Waals surface area (Å²) in [5.41, 5.74) is 0.237. The minimum Gasteiger partial charge on any atom is -0.352 e. The van der Waals surface area contributed by atoms with Gasteiger partial charge in [0.25, 0.3) is 11.6 Å². The van der Waals surface area contributed by atoms with E-state index in [1.807, 2.05) is 0 Å². The quantitative estimate of drug-likeness (QED) is 0.498. The Kier molecular flexibility index (Phi) is 5.77. The van der Waals surface area contributed by atoms with Crippen molar-refractivity contribution < 1.29 is 9.72 Å². The maximum absolute atomic E-state index is 11.7. The molecule has 0 spiro atoms. The molecule has 1 N–H and O–H groups in total. The van der Waals surface area contributed by atoms with Gasteiger partial charge in [0.1, 0.15) is 0 Å². The molecule has 0 aliphatic rings. The number of nitrogens with one attached hydrogen (secondary N) is 1. The van der Waals surface area contributed by atoms with Crippen molar-refractivity contribution in [2.24, 2.45) is 0 Å². The molecule has 0 aliphatic carbocycles. The lowest BCUT2D eigenvalue weighted by Crippen LogP contribution is -2.26. The molecule has 1 amide bonds. The Morgan fingerprint density at radius 2 is 2.28 bits per heavy atom. The summed E-state index contributed by atoms with van der Waals surface area (Å²) < 4.78 is 0. The van der Waals surface area contributed by atoms with E-state index >= 15 is 0 Å². The molecule has 0 saturated heterocycles. The van der Waals surface area contributed by atoms with Gasteiger partial charge in [-0.15, -0.1) is 0 Å². The number of hydrogen-bond donors (Lipinski definition) is 1. The number of carbonyl (C=O) groups is 1. The van der Waals surface area contributed by atoms with Gasteiger partial charge in [0, 0.05) is 29.1 Å². The van der Waals surface area contributed by atoms with E-state index in [4.69, 9.17) is 0 Å². The fourth-order valence-corrected chi connectivity index (χ4v) is 1.64. The molecule has 0 aliphatic heterocycles. The summed E-state index contributed by atoms with van der Waals surface area (Å²) in [5.74, 6) is -0.283. The molecule has 0 fully saturated rings. The van der Waals surface area contributed by atoms with Crippen molar-refractivity contribution in [3.8, 4) is 0 Å². The van der Waals surface area contributed by atoms with E-state index in [0.717, 1.165) is 12.8 Å². The van der Waals surface area contributed by atoms with Gasteiger partial charge in [-0.3, -0.25) is 14.9 Å². The summed E-state index contributed by atoms with van der Waals surface area (Å²) in [5, 5.41) is 13.3. The highest BCUT2D eigenvalue weighted by Crippen LogP contribution is 2.13. The van der Waals surface area contributed by atoms with Crippen molar-refractivity contribution >= 4 is 27.5 Å². The number of benzene rings is 1. The van der Waals surface area contributed by atoms with Crippen LogP contribution in [-0.2, 0) is 0 Å². The Morgan fingerprint density at radius 3 is 2.89 bits per heavy atom. The van der Waals surface area contributed by atoms with Crippen LogP contribution in [0.3, 0.4) is 0 Å². The van der Waals surface area contributed by atoms with Crippen LogP contribution in [0.5, 0.6) is 0 Å². The number of amides is 1. The summed E-state index contributed by atoms with van der Waals surface area (Å²) in [6.07, 6.45) is 1.82. The van der Waals surface area contributed by atoms with E-state index < -0.39 is 4.92 Å². The highest BCUT2D eigenvalue weighted by atomic mass is 79.9. The van der Waals surface area contributed by atoms with Crippen molar-refractivity contribution in [1.82, 2.24) is 5.32 Å². The van der Waals surface area contributed by atoms with Crippen LogP contribution < -0.4 is 5.32 Å². The third-order valence-corrected chi connectivity index (χ3v) is 3.61. The monoisotopic (exact) mass is 314 g/mol. The van der Waals surface area contributed by atoms with Gasteiger partial charge in [-0.2, -0.15) is 0 Å². The highest BCUT2D eigenvalue weighted by Gasteiger charge is 2.11. The SMILES string of the molecule is CCC(Br)CCNC(=O)c1cccc([N+](=O)[O-])c1. The third kappa shape index (κ3) is 4.44. The van der Waals surface area contributed by atoms with E-state index in [1.165, 1.54) is 18.2 Å². The number of carbonyl (C=O) groups excluding carboxylic acids is 1. The average Bonchev–Trinajstić information content (AvgIpc) is 2.38. The van der Waals surface area contributed by atoms with Crippen LogP contribution in [-0.4, -0.2) is 22.2 Å². The van der Waals surface area contributed by atoms with Crippen LogP contribution in [0.2, 0.25) is 0 Å². The van der Waals surface area contributed by atoms with Gasteiger partial charge in [-0.1, -0.05) is 28.9 Å². The summed E-state index contributed by atoms with van der Waals surface area (Å²) in [6, 6.07) is 5.71. The summed E-state index contributed by atoms with van der Waals surface area (Å²) in [6.45, 7) is 2.60. The fraction of sp³-hybridized carbons (Fsp3) is 0.417. The second-order valence-corrected chi connectivity index (χ2v) is 5.15. The molecule has 0 bridgehead atoms. The smallest absolute Gasteiger partial charge is 0.270 e. The number of alkyl halides is 1. The fourth-order valence-electron chi connectivity index (χ4n) is 1.41. The van der Waals surface area contributed by atoms with Crippen LogP contribution >= 0.6 is 15.9 Å². The minimum absolute atomic E-state index is 0.0745. The lowest BCUT2D eigenvalue weighted by molar-refractivity contribution is -0.384. The van der Waals surface area contributed by atoms with E-state index in [2.05, 4.69) is 28.2 Å². The molecule has 1 aromatic rings. The van der Waals surface area contributed by atoms with Crippen molar-refractivity contribution in [3.63, 3.8) is 0 Å². The van der Waals surface area contributed by atoms with Crippen LogP contribution in [0.15, 0.2) is 24.3 Å². The lowest BCUT2D eigenvalue weighted by atomic mass is 10.2. The standard InChI is InChI=1S/C12H15BrN2O3/c1-2-10(13)6-7-14-12(16)9-4-3-5-11(8-9)15(17)18/h3-5,8,10H,2,6-7H2,1H3,(H,14,16). The zero-order valence-electron chi connectivity index (χ0n) is 10.1. The molecule has 1 rings (SSSR count). The molecule has 1 aromatic carbocycles. The van der Waals surface area contributed by atoms with Crippen molar-refractivity contribution in [3.05, 3.63) is 39.9 Å². The zero-order chi connectivity index (χ0) is 13.5. The third-order valence-electron chi connectivity index (χ3n) is 2.51. The van der Waals surface area contributed by atoms with Crippen LogP contribution in [0.1, 0.15) is 30.1 Å². The van der Waals surface area contributed by atoms with Gasteiger partial charge in [0.15, 0.2) is 0 Å². The van der Waals surface area contributed by atoms with Gasteiger partial charge in [-0.25, -0.2) is 0 Å². The maximum atomic E-state index is 11.7. The number of rotatable bonds is 6. The first-order valence-electron chi connectivity index (χ1n) is 5.71. The first kappa shape index (κ1) is 14.6. The highest BCUT2D eigenvalue weighted by molar-refractivity contribution is 9.09. The Morgan fingerprint density at radius 1 is 1.56 bits per heavy atom. The average molecular weight is 315 g/mol. The molecule has 1 unspecified atom stereocenters. The summed E-state index contributed by atoms with van der Waals surface area (Å²) in [4.78, 5) is 22.2. The summed E-state index contributed by atoms with van der Waals surface area (Å²) >= 11 is 3.47. The van der Waals surface area contributed by atoms with Gasteiger partial charge in [-0.05, 0) is 18.9 Å². The zero-order valence-corrected chi connectivity index (χ0v) is 11.6. The van der Waals surface area contributed by atoms with Crippen LogP contribution in [0, 0.1) is 10.1 Å². The number of nitro groups is 1. The van der Waals surface area contributed by atoms with E-state index in [-0.39, 0.29) is 11.6 Å². The van der Waals surface area contributed by atoms with E-state index in [0.29, 0.717) is 16.9 Å². The molecule has 0 saturated carbocycles. The number of halogens is 1. The second-order valence-electron chi connectivity index (χ2n) is 3.86. The molecule has 98 valence electrons. The first-order chi connectivity index (χ1) is 8.54. The minimum atomic E-state index is -0.512. The molecule has 0 aromatic heterocycles. The number of nitrogens with zero attached hydrogens (tertiary/aromatic N) is 1. The molecule has 0 radical (unpaired) electrons. The predicted octanol–water partition coefficient (Wildman–Crippen LogP) is 2.89. The van der Waals surface area contributed by atoms with E-state index in [1.54, 1.807) is 6.07 Å². The number of hydrogen-bond acceptors (Lipinski definition) is 3. The molecule has 18 heavy (non-hydrogen) atoms. The molecular formula is C12H15BrN2O3. The molecular weight excluding hydrogens is 300 g/mol. The van der Waals surface area contributed by atoms with Crippen LogP contribution in [0.25, 0.3) is 0 Å². The summed E-state index contributed by atoms with van der Waals surface area (Å²) in [7, 11) is 0. The molecule has 6 heteroatoms. The van der Waals surface area contributed by atoms with Gasteiger partial charge in [0.05, 0.1) is 4.92 Å². The Hall–Kier alpha value is -1.43. The van der Waals surface area contributed by atoms with Crippen molar-refractivity contribution in [2.45, 2.75) is 24.6 Å². The Labute approximate surface area is 114 Å². The largest absolute Gasteiger partial charge is 0.352 e. The van der Waals surface area contributed by atoms with Gasteiger partial charge < -0.3 is 5.32 Å². The van der Waals surface area contributed by atoms with Crippen LogP contribution in [0.4, 0.5) is 5.69 Å². The Balaban J connectivity index is 2.56. The van der Waals surface area contributed by atoms with Gasteiger partial charge >= 0.3 is 0 Å². The predicted molar refractivity (Wildman–Crippen MR) is 73.1 cm³/mol. The number of non-ortho nitro benzene ring substituents is 1. The van der Waals surface area contributed by atoms with Gasteiger partial charge in [0.2, 0.25) is 0 Å². The first-order valence-corrected chi connectivity index (χ1v) is 6.63. The number of nitro benzene ring substituents is 1. The normalized spacial score (nSPS) is 11.9. The lowest BCUT2D eigenvalue weighted by Gasteiger charge is -2.08. The maximum Gasteiger partial charge on any atom is 0.270 e. The van der Waals surface area contributed by atoms with Crippen molar-refractivity contribution in [1.29, 1.82) is 0 Å². The van der Waals surface area contributed by atoms with Crippen molar-refractivity contribution in [2.75, 3.05) is 6.54 Å². The molecule has 1 atom stereocenters. The van der Waals surface area contributed by atoms with E-state index in [9.17, 15) is 14.9 Å². The Bertz CT molecular complexity index is 437. The molecule has 5 nitrogen and oxygen atoms in total.